The van der Waals surface area contributed by atoms with Gasteiger partial charge in [0.05, 0.1) is 6.04 Å². The van der Waals surface area contributed by atoms with Crippen LogP contribution in [0.15, 0.2) is 60.7 Å². The van der Waals surface area contributed by atoms with Gasteiger partial charge in [0.15, 0.2) is 0 Å². The van der Waals surface area contributed by atoms with Crippen LogP contribution in [0.4, 0.5) is 4.39 Å². The van der Waals surface area contributed by atoms with E-state index in [0.29, 0.717) is 5.39 Å². The maximum atomic E-state index is 14.0. The number of halogens is 1. The molecule has 0 fully saturated rings. The second kappa shape index (κ2) is 5.66. The van der Waals surface area contributed by atoms with E-state index in [1.54, 1.807) is 6.07 Å². The normalized spacial score (nSPS) is 12.5. The molecule has 0 aromatic heterocycles. The summed E-state index contributed by atoms with van der Waals surface area (Å²) in [5.74, 6) is -0.172. The van der Waals surface area contributed by atoms with Gasteiger partial charge in [0.2, 0.25) is 0 Å². The van der Waals surface area contributed by atoms with Crippen LogP contribution in [0.1, 0.15) is 22.7 Å². The van der Waals surface area contributed by atoms with E-state index in [-0.39, 0.29) is 11.9 Å². The minimum absolute atomic E-state index is 0.0525. The van der Waals surface area contributed by atoms with Crippen molar-refractivity contribution in [3.8, 4) is 0 Å². The van der Waals surface area contributed by atoms with Crippen LogP contribution in [0, 0.1) is 12.7 Å². The lowest BCUT2D eigenvalue weighted by Crippen LogP contribution is -2.19. The Balaban J connectivity index is 2.23. The van der Waals surface area contributed by atoms with Crippen molar-refractivity contribution in [2.75, 3.05) is 7.05 Å². The molecule has 0 aliphatic rings. The quantitative estimate of drug-likeness (QED) is 0.739. The Bertz CT molecular complexity index is 779. The topological polar surface area (TPSA) is 12.0 Å². The smallest absolute Gasteiger partial charge is 0.131 e. The summed E-state index contributed by atoms with van der Waals surface area (Å²) >= 11 is 0. The van der Waals surface area contributed by atoms with Gasteiger partial charge in [-0.05, 0) is 42.1 Å². The fourth-order valence-corrected chi connectivity index (χ4v) is 2.93. The molecule has 0 spiro atoms. The maximum absolute atomic E-state index is 14.0. The van der Waals surface area contributed by atoms with E-state index in [1.165, 1.54) is 11.1 Å². The van der Waals surface area contributed by atoms with Crippen LogP contribution in [0.2, 0.25) is 0 Å². The standard InChI is InChI=1S/C19H18FN/c1-13-7-3-4-8-14(13)19(21-2)17-11-12-18(20)16-10-6-5-9-15(16)17/h3-12,19,21H,1-2H3. The van der Waals surface area contributed by atoms with Gasteiger partial charge >= 0.3 is 0 Å². The predicted molar refractivity (Wildman–Crippen MR) is 86.0 cm³/mol. The SMILES string of the molecule is CNC(c1ccccc1C)c1ccc(F)c2ccccc12. The third kappa shape index (κ3) is 2.43. The molecule has 0 bridgehead atoms. The Morgan fingerprint density at radius 1 is 0.810 bits per heavy atom. The third-order valence-electron chi connectivity index (χ3n) is 4.00. The summed E-state index contributed by atoms with van der Waals surface area (Å²) in [5.41, 5.74) is 3.55. The minimum Gasteiger partial charge on any atom is -0.309 e. The fraction of sp³-hybridized carbons (Fsp3) is 0.158. The summed E-state index contributed by atoms with van der Waals surface area (Å²) in [5, 5.41) is 4.99. The molecule has 1 unspecified atom stereocenters. The van der Waals surface area contributed by atoms with Gasteiger partial charge in [0.1, 0.15) is 5.82 Å². The van der Waals surface area contributed by atoms with Gasteiger partial charge in [-0.1, -0.05) is 54.6 Å². The highest BCUT2D eigenvalue weighted by Gasteiger charge is 2.17. The van der Waals surface area contributed by atoms with Crippen LogP contribution >= 0.6 is 0 Å². The van der Waals surface area contributed by atoms with Crippen LogP contribution < -0.4 is 5.32 Å². The van der Waals surface area contributed by atoms with Crippen molar-refractivity contribution in [3.05, 3.63) is 83.2 Å². The first-order valence-corrected chi connectivity index (χ1v) is 7.12. The molecule has 0 heterocycles. The zero-order valence-corrected chi connectivity index (χ0v) is 12.2. The molecule has 1 nitrogen and oxygen atoms in total. The number of hydrogen-bond donors (Lipinski definition) is 1. The van der Waals surface area contributed by atoms with E-state index in [4.69, 9.17) is 0 Å². The molecule has 0 amide bonds. The van der Waals surface area contributed by atoms with Crippen molar-refractivity contribution in [1.82, 2.24) is 5.32 Å². The summed E-state index contributed by atoms with van der Waals surface area (Å²) in [7, 11) is 1.94. The van der Waals surface area contributed by atoms with E-state index >= 15 is 0 Å². The van der Waals surface area contributed by atoms with Gasteiger partial charge in [0.25, 0.3) is 0 Å². The molecule has 0 radical (unpaired) electrons. The van der Waals surface area contributed by atoms with Crippen LogP contribution in [-0.4, -0.2) is 7.05 Å². The molecule has 3 rings (SSSR count). The molecule has 3 aromatic carbocycles. The van der Waals surface area contributed by atoms with E-state index in [2.05, 4.69) is 24.4 Å². The Morgan fingerprint density at radius 3 is 2.19 bits per heavy atom. The molecule has 1 N–H and O–H groups in total. The lowest BCUT2D eigenvalue weighted by molar-refractivity contribution is 0.636. The van der Waals surface area contributed by atoms with Crippen molar-refractivity contribution < 1.29 is 4.39 Å². The maximum Gasteiger partial charge on any atom is 0.131 e. The second-order valence-corrected chi connectivity index (χ2v) is 5.26. The number of aryl methyl sites for hydroxylation is 1. The number of nitrogens with one attached hydrogen (secondary N) is 1. The molecule has 0 aliphatic heterocycles. The lowest BCUT2D eigenvalue weighted by atomic mass is 9.91. The van der Waals surface area contributed by atoms with Gasteiger partial charge in [0, 0.05) is 5.39 Å². The van der Waals surface area contributed by atoms with Gasteiger partial charge in [-0.15, -0.1) is 0 Å². The van der Waals surface area contributed by atoms with Crippen LogP contribution in [0.25, 0.3) is 10.8 Å². The molecule has 0 saturated carbocycles. The number of benzene rings is 3. The van der Waals surface area contributed by atoms with Crippen LogP contribution in [0.3, 0.4) is 0 Å². The Kier molecular flexibility index (Phi) is 3.72. The van der Waals surface area contributed by atoms with Crippen molar-refractivity contribution in [1.29, 1.82) is 0 Å². The minimum atomic E-state index is -0.172. The first kappa shape index (κ1) is 13.8. The molecule has 2 heteroatoms. The average Bonchev–Trinajstić information content (AvgIpc) is 2.52. The second-order valence-electron chi connectivity index (χ2n) is 5.26. The third-order valence-corrected chi connectivity index (χ3v) is 4.00. The summed E-state index contributed by atoms with van der Waals surface area (Å²) in [6, 6.07) is 19.4. The van der Waals surface area contributed by atoms with Gasteiger partial charge in [-0.2, -0.15) is 0 Å². The van der Waals surface area contributed by atoms with E-state index < -0.39 is 0 Å². The fourth-order valence-electron chi connectivity index (χ4n) is 2.93. The van der Waals surface area contributed by atoms with E-state index in [0.717, 1.165) is 10.9 Å². The van der Waals surface area contributed by atoms with Crippen molar-refractivity contribution >= 4 is 10.8 Å². The highest BCUT2D eigenvalue weighted by atomic mass is 19.1. The zero-order valence-electron chi connectivity index (χ0n) is 12.2. The molecular formula is C19H18FN. The monoisotopic (exact) mass is 279 g/mol. The van der Waals surface area contributed by atoms with Crippen molar-refractivity contribution in [2.24, 2.45) is 0 Å². The van der Waals surface area contributed by atoms with E-state index in [1.807, 2.05) is 49.5 Å². The van der Waals surface area contributed by atoms with Crippen LogP contribution in [0.5, 0.6) is 0 Å². The van der Waals surface area contributed by atoms with Crippen LogP contribution in [-0.2, 0) is 0 Å². The molecular weight excluding hydrogens is 261 g/mol. The number of rotatable bonds is 3. The van der Waals surface area contributed by atoms with Gasteiger partial charge < -0.3 is 5.32 Å². The lowest BCUT2D eigenvalue weighted by Gasteiger charge is -2.21. The highest BCUT2D eigenvalue weighted by molar-refractivity contribution is 5.87. The number of fused-ring (bicyclic) bond motifs is 1. The molecule has 0 saturated heterocycles. The largest absolute Gasteiger partial charge is 0.309 e. The Hall–Kier alpha value is -2.19. The van der Waals surface area contributed by atoms with Crippen molar-refractivity contribution in [3.63, 3.8) is 0 Å². The Labute approximate surface area is 124 Å². The van der Waals surface area contributed by atoms with Gasteiger partial charge in [-0.3, -0.25) is 0 Å². The first-order valence-electron chi connectivity index (χ1n) is 7.12. The first-order chi connectivity index (χ1) is 10.2. The summed E-state index contributed by atoms with van der Waals surface area (Å²) in [6.07, 6.45) is 0. The predicted octanol–water partition coefficient (Wildman–Crippen LogP) is 4.60. The Morgan fingerprint density at radius 2 is 1.48 bits per heavy atom. The zero-order chi connectivity index (χ0) is 14.8. The molecule has 21 heavy (non-hydrogen) atoms. The molecule has 0 aliphatic carbocycles. The van der Waals surface area contributed by atoms with Crippen molar-refractivity contribution in [2.45, 2.75) is 13.0 Å². The average molecular weight is 279 g/mol. The van der Waals surface area contributed by atoms with E-state index in [9.17, 15) is 4.39 Å². The molecule has 3 aromatic rings. The summed E-state index contributed by atoms with van der Waals surface area (Å²) < 4.78 is 14.0. The summed E-state index contributed by atoms with van der Waals surface area (Å²) in [4.78, 5) is 0. The summed E-state index contributed by atoms with van der Waals surface area (Å²) in [6.45, 7) is 2.10. The highest BCUT2D eigenvalue weighted by Crippen LogP contribution is 2.31. The number of hydrogen-bond acceptors (Lipinski definition) is 1. The molecule has 1 atom stereocenters. The van der Waals surface area contributed by atoms with Gasteiger partial charge in [-0.25, -0.2) is 4.39 Å². The molecule has 106 valence electrons.